The van der Waals surface area contributed by atoms with Crippen LogP contribution in [0.4, 0.5) is 8.78 Å². The summed E-state index contributed by atoms with van der Waals surface area (Å²) in [5.74, 6) is -1.98. The lowest BCUT2D eigenvalue weighted by Gasteiger charge is -2.13. The fraction of sp³-hybridized carbons (Fsp3) is 0. The predicted octanol–water partition coefficient (Wildman–Crippen LogP) is 7.57. The van der Waals surface area contributed by atoms with Gasteiger partial charge in [-0.05, 0) is 81.9 Å². The first-order chi connectivity index (χ1) is 9.32. The zero-order chi connectivity index (χ0) is 15.0. The van der Waals surface area contributed by atoms with Crippen LogP contribution in [0.15, 0.2) is 40.6 Å². The van der Waals surface area contributed by atoms with E-state index in [1.807, 2.05) is 0 Å². The van der Waals surface area contributed by atoms with Crippen LogP contribution in [0.1, 0.15) is 0 Å². The van der Waals surface area contributed by atoms with Gasteiger partial charge in [-0.2, -0.15) is 4.39 Å². The van der Waals surface area contributed by atoms with Crippen molar-refractivity contribution in [2.24, 2.45) is 0 Å². The third kappa shape index (κ3) is 3.29. The molecule has 0 atom stereocenters. The zero-order valence-electron chi connectivity index (χ0n) is 9.29. The van der Waals surface area contributed by atoms with E-state index in [0.717, 1.165) is 4.47 Å². The second kappa shape index (κ2) is 6.73. The van der Waals surface area contributed by atoms with Gasteiger partial charge in [0.05, 0.1) is 17.9 Å². The fourth-order valence-corrected chi connectivity index (χ4v) is 3.92. The lowest BCUT2D eigenvalue weighted by Crippen LogP contribution is -1.96. The number of hydrogen-bond donors (Lipinski definition) is 0. The maximum atomic E-state index is 14.0. The van der Waals surface area contributed by atoms with E-state index >= 15 is 0 Å². The molecule has 0 saturated carbocycles. The normalized spacial score (nSPS) is 10.8. The predicted molar refractivity (Wildman–Crippen MR) is 91.4 cm³/mol. The second-order valence-corrected chi connectivity index (χ2v) is 7.72. The lowest BCUT2D eigenvalue weighted by atomic mass is 10.3. The molecule has 1 nitrogen and oxygen atoms in total. The Morgan fingerprint density at radius 3 is 2.05 bits per heavy atom. The Hall–Kier alpha value is 0.500. The highest BCUT2D eigenvalue weighted by atomic mass is 79.9. The Bertz CT molecular complexity index is 661. The minimum Gasteiger partial charge on any atom is -0.452 e. The third-order valence-electron chi connectivity index (χ3n) is 2.28. The minimum absolute atomic E-state index is 0.0101. The number of halogens is 7. The van der Waals surface area contributed by atoms with Crippen LogP contribution in [-0.2, 0) is 0 Å². The van der Waals surface area contributed by atoms with E-state index in [-0.39, 0.29) is 14.7 Å². The van der Waals surface area contributed by atoms with Crippen molar-refractivity contribution in [3.63, 3.8) is 0 Å². The summed E-state index contributed by atoms with van der Waals surface area (Å²) in [4.78, 5) is 0. The van der Waals surface area contributed by atoms with Crippen molar-refractivity contribution in [1.29, 1.82) is 0 Å². The summed E-state index contributed by atoms with van der Waals surface area (Å²) in [6.45, 7) is 0. The monoisotopic (exact) mass is 596 g/mol. The summed E-state index contributed by atoms with van der Waals surface area (Å²) in [6.07, 6.45) is 0. The molecule has 0 heterocycles. The molecule has 0 aliphatic rings. The van der Waals surface area contributed by atoms with E-state index in [9.17, 15) is 8.78 Å². The molecule has 0 aromatic heterocycles. The molecule has 0 bridgehead atoms. The Labute approximate surface area is 155 Å². The summed E-state index contributed by atoms with van der Waals surface area (Å²) < 4.78 is 35.2. The van der Waals surface area contributed by atoms with Crippen LogP contribution in [0.2, 0.25) is 0 Å². The van der Waals surface area contributed by atoms with Gasteiger partial charge in [-0.3, -0.25) is 0 Å². The lowest BCUT2D eigenvalue weighted by molar-refractivity contribution is 0.409. The molecule has 2 aromatic rings. The zero-order valence-corrected chi connectivity index (χ0v) is 17.2. The largest absolute Gasteiger partial charge is 0.452 e. The van der Waals surface area contributed by atoms with Crippen LogP contribution >= 0.6 is 79.6 Å². The first-order valence-corrected chi connectivity index (χ1v) is 8.93. The van der Waals surface area contributed by atoms with Gasteiger partial charge in [-0.25, -0.2) is 4.39 Å². The van der Waals surface area contributed by atoms with Crippen molar-refractivity contribution in [2.75, 3.05) is 0 Å². The van der Waals surface area contributed by atoms with E-state index in [0.29, 0.717) is 14.7 Å². The third-order valence-corrected chi connectivity index (χ3v) is 6.75. The van der Waals surface area contributed by atoms with Crippen LogP contribution < -0.4 is 4.74 Å². The Morgan fingerprint density at radius 1 is 0.800 bits per heavy atom. The van der Waals surface area contributed by atoms with Crippen LogP contribution in [0.25, 0.3) is 0 Å². The highest BCUT2D eigenvalue weighted by molar-refractivity contribution is 9.14. The van der Waals surface area contributed by atoms with Crippen molar-refractivity contribution in [2.45, 2.75) is 0 Å². The summed E-state index contributed by atoms with van der Waals surface area (Å²) in [7, 11) is 0. The van der Waals surface area contributed by atoms with Gasteiger partial charge in [0.1, 0.15) is 5.75 Å². The molecular weight excluding hydrogens is 598 g/mol. The minimum atomic E-state index is -1.08. The summed E-state index contributed by atoms with van der Waals surface area (Å²) >= 11 is 15.9. The van der Waals surface area contributed by atoms with Crippen LogP contribution in [-0.4, -0.2) is 0 Å². The first-order valence-electron chi connectivity index (χ1n) is 4.97. The number of rotatable bonds is 2. The molecule has 0 spiro atoms. The maximum absolute atomic E-state index is 14.0. The first kappa shape index (κ1) is 16.9. The smallest absolute Gasteiger partial charge is 0.203 e. The van der Waals surface area contributed by atoms with E-state index in [4.69, 9.17) is 4.74 Å². The van der Waals surface area contributed by atoms with Crippen molar-refractivity contribution in [3.05, 3.63) is 52.2 Å². The molecule has 0 N–H and O–H groups in total. The topological polar surface area (TPSA) is 9.23 Å². The number of hydrogen-bond acceptors (Lipinski definition) is 1. The van der Waals surface area contributed by atoms with Gasteiger partial charge >= 0.3 is 0 Å². The molecule has 106 valence electrons. The molecule has 20 heavy (non-hydrogen) atoms. The molecule has 0 fully saturated rings. The Balaban J connectivity index is 2.54. The van der Waals surface area contributed by atoms with Gasteiger partial charge in [-0.1, -0.05) is 15.9 Å². The fourth-order valence-electron chi connectivity index (χ4n) is 1.34. The molecule has 2 aromatic carbocycles. The van der Waals surface area contributed by atoms with Gasteiger partial charge in [0.2, 0.25) is 5.82 Å². The molecule has 0 amide bonds. The second-order valence-electron chi connectivity index (χ2n) is 3.58. The molecular formula is C12H3Br5F2O. The molecule has 0 unspecified atom stereocenters. The van der Waals surface area contributed by atoms with Crippen LogP contribution in [0.3, 0.4) is 0 Å². The highest BCUT2D eigenvalue weighted by Gasteiger charge is 2.23. The standard InChI is InChI=1S/C12H3Br5F2O/c13-4-1-2-6(5(14)3-4)20-12-9(17)7(15)8(16)10(18)11(12)19/h1-3H. The van der Waals surface area contributed by atoms with Gasteiger partial charge < -0.3 is 4.74 Å². The SMILES string of the molecule is Fc1c(F)c(Oc2ccc(Br)cc2Br)c(Br)c(Br)c1Br. The van der Waals surface area contributed by atoms with E-state index in [1.165, 1.54) is 0 Å². The average Bonchev–Trinajstić information content (AvgIpc) is 2.41. The van der Waals surface area contributed by atoms with Gasteiger partial charge in [0.15, 0.2) is 11.6 Å². The van der Waals surface area contributed by atoms with E-state index in [1.54, 1.807) is 18.2 Å². The highest BCUT2D eigenvalue weighted by Crippen LogP contribution is 2.44. The molecule has 0 saturated heterocycles. The van der Waals surface area contributed by atoms with Crippen LogP contribution in [0, 0.1) is 11.6 Å². The van der Waals surface area contributed by atoms with E-state index in [2.05, 4.69) is 79.6 Å². The number of benzene rings is 2. The summed E-state index contributed by atoms with van der Waals surface area (Å²) in [5.41, 5.74) is 0. The van der Waals surface area contributed by atoms with Crippen molar-refractivity contribution < 1.29 is 13.5 Å². The van der Waals surface area contributed by atoms with E-state index < -0.39 is 11.6 Å². The Kier molecular flexibility index (Phi) is 5.67. The summed E-state index contributed by atoms with van der Waals surface area (Å²) in [6, 6.07) is 5.11. The van der Waals surface area contributed by atoms with Gasteiger partial charge in [0.25, 0.3) is 0 Å². The molecule has 0 aliphatic carbocycles. The molecule has 8 heteroatoms. The van der Waals surface area contributed by atoms with Gasteiger partial charge in [-0.15, -0.1) is 0 Å². The van der Waals surface area contributed by atoms with Crippen LogP contribution in [0.5, 0.6) is 11.5 Å². The summed E-state index contributed by atoms with van der Waals surface area (Å²) in [5, 5.41) is 0. The maximum Gasteiger partial charge on any atom is 0.203 e. The van der Waals surface area contributed by atoms with Crippen molar-refractivity contribution in [1.82, 2.24) is 0 Å². The van der Waals surface area contributed by atoms with Crippen molar-refractivity contribution in [3.8, 4) is 11.5 Å². The Morgan fingerprint density at radius 2 is 1.45 bits per heavy atom. The van der Waals surface area contributed by atoms with Crippen molar-refractivity contribution >= 4 is 79.6 Å². The molecule has 0 radical (unpaired) electrons. The number of ether oxygens (including phenoxy) is 1. The quantitative estimate of drug-likeness (QED) is 0.255. The van der Waals surface area contributed by atoms with Gasteiger partial charge in [0, 0.05) is 4.47 Å². The molecule has 0 aliphatic heterocycles. The molecule has 2 rings (SSSR count). The average molecular weight is 601 g/mol.